The van der Waals surface area contributed by atoms with Crippen LogP contribution in [0.3, 0.4) is 0 Å². The molecule has 1 saturated heterocycles. The van der Waals surface area contributed by atoms with Crippen LogP contribution in [0.4, 0.5) is 0 Å². The third-order valence-corrected chi connectivity index (χ3v) is 5.86. The van der Waals surface area contributed by atoms with E-state index in [1.54, 1.807) is 0 Å². The minimum Gasteiger partial charge on any atom is -0.303 e. The van der Waals surface area contributed by atoms with Gasteiger partial charge in [-0.1, -0.05) is 18.2 Å². The zero-order valence-electron chi connectivity index (χ0n) is 13.2. The maximum Gasteiger partial charge on any atom is 0.0970 e. The highest BCUT2D eigenvalue weighted by Gasteiger charge is 2.23. The number of nitrogens with zero attached hydrogens (tertiary/aromatic N) is 3. The minimum atomic E-state index is 0.638. The van der Waals surface area contributed by atoms with Crippen LogP contribution in [-0.2, 0) is 6.42 Å². The molecule has 0 N–H and O–H groups in total. The third-order valence-electron chi connectivity index (χ3n) is 4.66. The molecule has 0 aliphatic carbocycles. The Balaban J connectivity index is 1.33. The van der Waals surface area contributed by atoms with Gasteiger partial charge in [0.2, 0.25) is 0 Å². The Morgan fingerprint density at radius 1 is 1.04 bits per heavy atom. The van der Waals surface area contributed by atoms with Gasteiger partial charge >= 0.3 is 0 Å². The van der Waals surface area contributed by atoms with Crippen LogP contribution in [-0.4, -0.2) is 34.5 Å². The third kappa shape index (κ3) is 3.43. The van der Waals surface area contributed by atoms with E-state index in [9.17, 15) is 0 Å². The molecule has 1 aliphatic rings. The van der Waals surface area contributed by atoms with E-state index in [1.165, 1.54) is 41.3 Å². The second-order valence-electron chi connectivity index (χ2n) is 6.21. The topological polar surface area (TPSA) is 29.0 Å². The van der Waals surface area contributed by atoms with Crippen molar-refractivity contribution in [3.05, 3.63) is 59.4 Å². The van der Waals surface area contributed by atoms with Gasteiger partial charge in [-0.25, -0.2) is 4.98 Å². The Hall–Kier alpha value is -1.78. The maximum absolute atomic E-state index is 4.85. The van der Waals surface area contributed by atoms with Crippen molar-refractivity contribution in [1.29, 1.82) is 0 Å². The van der Waals surface area contributed by atoms with Crippen LogP contribution >= 0.6 is 11.3 Å². The van der Waals surface area contributed by atoms with Crippen LogP contribution in [0.5, 0.6) is 0 Å². The lowest BCUT2D eigenvalue weighted by molar-refractivity contribution is 0.214. The number of aromatic nitrogens is 2. The first-order valence-electron chi connectivity index (χ1n) is 8.36. The predicted molar refractivity (Wildman–Crippen MR) is 96.0 cm³/mol. The fourth-order valence-corrected chi connectivity index (χ4v) is 4.42. The van der Waals surface area contributed by atoms with Gasteiger partial charge < -0.3 is 4.90 Å². The highest BCUT2D eigenvalue weighted by atomic mass is 32.1. The first-order chi connectivity index (χ1) is 11.4. The molecule has 0 unspecified atom stereocenters. The van der Waals surface area contributed by atoms with Gasteiger partial charge in [0.05, 0.1) is 15.2 Å². The van der Waals surface area contributed by atoms with Crippen LogP contribution < -0.4 is 0 Å². The van der Waals surface area contributed by atoms with Crippen molar-refractivity contribution in [2.45, 2.75) is 25.2 Å². The zero-order valence-corrected chi connectivity index (χ0v) is 14.0. The molecule has 1 fully saturated rings. The standard InChI is InChI=1S/C19H21N3S/c1-2-7-18-17(6-1)21-19(23-18)15-8-12-22(13-9-15)14-10-16-5-3-4-11-20-16/h1-7,11,15H,8-10,12-14H2. The normalized spacial score (nSPS) is 16.9. The van der Waals surface area contributed by atoms with Crippen molar-refractivity contribution >= 4 is 21.6 Å². The number of hydrogen-bond donors (Lipinski definition) is 0. The highest BCUT2D eigenvalue weighted by Crippen LogP contribution is 2.33. The summed E-state index contributed by atoms with van der Waals surface area (Å²) in [6, 6.07) is 14.6. The van der Waals surface area contributed by atoms with Gasteiger partial charge in [-0.2, -0.15) is 0 Å². The van der Waals surface area contributed by atoms with Crippen LogP contribution in [0.25, 0.3) is 10.2 Å². The van der Waals surface area contributed by atoms with Gasteiger partial charge in [-0.15, -0.1) is 11.3 Å². The summed E-state index contributed by atoms with van der Waals surface area (Å²) >= 11 is 1.88. The Kier molecular flexibility index (Phi) is 4.35. The molecule has 0 spiro atoms. The summed E-state index contributed by atoms with van der Waals surface area (Å²) in [4.78, 5) is 11.8. The number of benzene rings is 1. The van der Waals surface area contributed by atoms with E-state index in [4.69, 9.17) is 4.98 Å². The van der Waals surface area contributed by atoms with Crippen molar-refractivity contribution in [1.82, 2.24) is 14.9 Å². The molecular weight excluding hydrogens is 302 g/mol. The molecule has 0 saturated carbocycles. The van der Waals surface area contributed by atoms with Crippen molar-refractivity contribution in [2.24, 2.45) is 0 Å². The summed E-state index contributed by atoms with van der Waals surface area (Å²) in [6.07, 6.45) is 5.38. The monoisotopic (exact) mass is 323 g/mol. The van der Waals surface area contributed by atoms with E-state index >= 15 is 0 Å². The first kappa shape index (κ1) is 14.8. The van der Waals surface area contributed by atoms with Crippen molar-refractivity contribution in [3.63, 3.8) is 0 Å². The summed E-state index contributed by atoms with van der Waals surface area (Å²) in [7, 11) is 0. The molecule has 1 aliphatic heterocycles. The van der Waals surface area contributed by atoms with Crippen LogP contribution in [0, 0.1) is 0 Å². The maximum atomic E-state index is 4.85. The molecule has 3 aromatic rings. The molecule has 4 rings (SSSR count). The fraction of sp³-hybridized carbons (Fsp3) is 0.368. The van der Waals surface area contributed by atoms with E-state index in [0.717, 1.165) is 18.5 Å². The number of rotatable bonds is 4. The molecule has 4 heteroatoms. The van der Waals surface area contributed by atoms with Crippen LogP contribution in [0.2, 0.25) is 0 Å². The Bertz CT molecular complexity index is 727. The van der Waals surface area contributed by atoms with Crippen LogP contribution in [0.1, 0.15) is 29.5 Å². The van der Waals surface area contributed by atoms with E-state index in [1.807, 2.05) is 23.6 Å². The van der Waals surface area contributed by atoms with E-state index in [2.05, 4.69) is 46.3 Å². The number of likely N-dealkylation sites (tertiary alicyclic amines) is 1. The number of piperidine rings is 1. The summed E-state index contributed by atoms with van der Waals surface area (Å²) in [5, 5.41) is 1.33. The second kappa shape index (κ2) is 6.77. The van der Waals surface area contributed by atoms with Crippen LogP contribution in [0.15, 0.2) is 48.7 Å². The molecular formula is C19H21N3S. The lowest BCUT2D eigenvalue weighted by Gasteiger charge is -2.30. The van der Waals surface area contributed by atoms with Gasteiger partial charge in [0.25, 0.3) is 0 Å². The summed E-state index contributed by atoms with van der Waals surface area (Å²) in [6.45, 7) is 3.46. The molecule has 0 atom stereocenters. The fourth-order valence-electron chi connectivity index (χ4n) is 3.29. The number of thiazole rings is 1. The zero-order chi connectivity index (χ0) is 15.5. The second-order valence-corrected chi connectivity index (χ2v) is 7.27. The van der Waals surface area contributed by atoms with E-state index in [0.29, 0.717) is 5.92 Å². The molecule has 0 bridgehead atoms. The number of pyridine rings is 1. The van der Waals surface area contributed by atoms with E-state index < -0.39 is 0 Å². The molecule has 0 amide bonds. The lowest BCUT2D eigenvalue weighted by atomic mass is 9.97. The molecule has 3 nitrogen and oxygen atoms in total. The molecule has 0 radical (unpaired) electrons. The van der Waals surface area contributed by atoms with Gasteiger partial charge in [0.15, 0.2) is 0 Å². The SMILES string of the molecule is c1ccc(CCN2CCC(c3nc4ccccc4s3)CC2)nc1. The first-order valence-corrected chi connectivity index (χ1v) is 9.18. The summed E-state index contributed by atoms with van der Waals surface area (Å²) in [5.41, 5.74) is 2.35. The van der Waals surface area contributed by atoms with E-state index in [-0.39, 0.29) is 0 Å². The molecule has 2 aromatic heterocycles. The smallest absolute Gasteiger partial charge is 0.0970 e. The highest BCUT2D eigenvalue weighted by molar-refractivity contribution is 7.18. The van der Waals surface area contributed by atoms with Crippen molar-refractivity contribution in [2.75, 3.05) is 19.6 Å². The quantitative estimate of drug-likeness (QED) is 0.723. The Morgan fingerprint density at radius 2 is 1.87 bits per heavy atom. The average molecular weight is 323 g/mol. The van der Waals surface area contributed by atoms with Gasteiger partial charge in [0.1, 0.15) is 0 Å². The molecule has 3 heterocycles. The molecule has 23 heavy (non-hydrogen) atoms. The number of para-hydroxylation sites is 1. The van der Waals surface area contributed by atoms with Gasteiger partial charge in [-0.05, 0) is 50.2 Å². The van der Waals surface area contributed by atoms with Crippen molar-refractivity contribution in [3.8, 4) is 0 Å². The largest absolute Gasteiger partial charge is 0.303 e. The van der Waals surface area contributed by atoms with Crippen molar-refractivity contribution < 1.29 is 0 Å². The summed E-state index contributed by atoms with van der Waals surface area (Å²) < 4.78 is 1.32. The average Bonchev–Trinajstić information content (AvgIpc) is 3.05. The Morgan fingerprint density at radius 3 is 2.65 bits per heavy atom. The van der Waals surface area contributed by atoms with Gasteiger partial charge in [0, 0.05) is 30.8 Å². The Labute approximate surface area is 141 Å². The molecule has 1 aromatic carbocycles. The minimum absolute atomic E-state index is 0.638. The number of fused-ring (bicyclic) bond motifs is 1. The number of hydrogen-bond acceptors (Lipinski definition) is 4. The lowest BCUT2D eigenvalue weighted by Crippen LogP contribution is -2.34. The summed E-state index contributed by atoms with van der Waals surface area (Å²) in [5.74, 6) is 0.638. The predicted octanol–water partition coefficient (Wildman–Crippen LogP) is 4.11. The molecule has 118 valence electrons. The van der Waals surface area contributed by atoms with Gasteiger partial charge in [-0.3, -0.25) is 4.98 Å².